The van der Waals surface area contributed by atoms with E-state index in [-0.39, 0.29) is 5.91 Å². The molecule has 2 heterocycles. The molecular formula is C17H23N5OS. The summed E-state index contributed by atoms with van der Waals surface area (Å²) in [7, 11) is 0. The first kappa shape index (κ1) is 16.8. The zero-order valence-electron chi connectivity index (χ0n) is 14.1. The van der Waals surface area contributed by atoms with Gasteiger partial charge in [0.2, 0.25) is 5.91 Å². The predicted octanol–water partition coefficient (Wildman–Crippen LogP) is 2.30. The first-order valence-electron chi connectivity index (χ1n) is 8.25. The molecule has 0 radical (unpaired) electrons. The summed E-state index contributed by atoms with van der Waals surface area (Å²) in [6, 6.07) is 10.7. The number of anilines is 1. The van der Waals surface area contributed by atoms with Crippen LogP contribution in [0.3, 0.4) is 0 Å². The normalized spacial score (nSPS) is 15.1. The first-order valence-corrected chi connectivity index (χ1v) is 9.24. The number of benzene rings is 1. The molecule has 1 saturated heterocycles. The smallest absolute Gasteiger partial charge is 0.233 e. The third kappa shape index (κ3) is 3.90. The van der Waals surface area contributed by atoms with E-state index < -0.39 is 0 Å². The summed E-state index contributed by atoms with van der Waals surface area (Å²) in [4.78, 5) is 16.7. The number of thioether (sulfide) groups is 1. The number of carbonyl (C=O) groups is 1. The van der Waals surface area contributed by atoms with Crippen LogP contribution in [-0.4, -0.2) is 57.5 Å². The van der Waals surface area contributed by atoms with Crippen LogP contribution < -0.4 is 4.90 Å². The Morgan fingerprint density at radius 1 is 1.17 bits per heavy atom. The second-order valence-electron chi connectivity index (χ2n) is 6.11. The Balaban J connectivity index is 1.49. The molecule has 1 aliphatic rings. The molecule has 0 aliphatic carbocycles. The lowest BCUT2D eigenvalue weighted by atomic mass is 10.2. The van der Waals surface area contributed by atoms with E-state index in [1.807, 2.05) is 27.7 Å². The molecule has 0 saturated carbocycles. The fraction of sp³-hybridized carbons (Fsp3) is 0.471. The van der Waals surface area contributed by atoms with Gasteiger partial charge in [-0.2, -0.15) is 0 Å². The van der Waals surface area contributed by atoms with Crippen LogP contribution in [0.4, 0.5) is 5.69 Å². The van der Waals surface area contributed by atoms with E-state index in [1.54, 1.807) is 6.33 Å². The number of nitrogens with zero attached hydrogens (tertiary/aromatic N) is 5. The van der Waals surface area contributed by atoms with Gasteiger partial charge in [-0.1, -0.05) is 30.0 Å². The average molecular weight is 345 g/mol. The molecule has 0 atom stereocenters. The van der Waals surface area contributed by atoms with Crippen LogP contribution in [0.1, 0.15) is 19.9 Å². The molecule has 7 heteroatoms. The molecule has 1 amide bonds. The van der Waals surface area contributed by atoms with Crippen molar-refractivity contribution in [2.45, 2.75) is 25.0 Å². The second-order valence-corrected chi connectivity index (χ2v) is 7.05. The van der Waals surface area contributed by atoms with E-state index >= 15 is 0 Å². The van der Waals surface area contributed by atoms with Gasteiger partial charge >= 0.3 is 0 Å². The van der Waals surface area contributed by atoms with Gasteiger partial charge in [0, 0.05) is 37.9 Å². The van der Waals surface area contributed by atoms with Crippen molar-refractivity contribution >= 4 is 23.4 Å². The van der Waals surface area contributed by atoms with Crippen LogP contribution in [0, 0.1) is 0 Å². The van der Waals surface area contributed by atoms with Crippen molar-refractivity contribution in [2.24, 2.45) is 0 Å². The summed E-state index contributed by atoms with van der Waals surface area (Å²) in [6.45, 7) is 7.46. The Labute approximate surface area is 146 Å². The number of piperazine rings is 1. The van der Waals surface area contributed by atoms with E-state index in [4.69, 9.17) is 0 Å². The highest BCUT2D eigenvalue weighted by molar-refractivity contribution is 7.99. The lowest BCUT2D eigenvalue weighted by Crippen LogP contribution is -2.49. The Morgan fingerprint density at radius 2 is 1.88 bits per heavy atom. The van der Waals surface area contributed by atoms with E-state index in [0.29, 0.717) is 11.8 Å². The topological polar surface area (TPSA) is 54.3 Å². The van der Waals surface area contributed by atoms with Crippen molar-refractivity contribution < 1.29 is 4.79 Å². The molecule has 1 aromatic carbocycles. The third-order valence-electron chi connectivity index (χ3n) is 4.18. The molecule has 3 rings (SSSR count). The maximum absolute atomic E-state index is 12.4. The average Bonchev–Trinajstić information content (AvgIpc) is 3.09. The van der Waals surface area contributed by atoms with Gasteiger partial charge in [0.25, 0.3) is 0 Å². The van der Waals surface area contributed by atoms with Gasteiger partial charge in [-0.3, -0.25) is 4.79 Å². The number of carbonyl (C=O) groups excluding carboxylic acids is 1. The number of amides is 1. The number of hydrogen-bond acceptors (Lipinski definition) is 5. The van der Waals surface area contributed by atoms with E-state index in [1.165, 1.54) is 17.4 Å². The second kappa shape index (κ2) is 7.70. The van der Waals surface area contributed by atoms with E-state index in [0.717, 1.165) is 31.3 Å². The molecule has 128 valence electrons. The summed E-state index contributed by atoms with van der Waals surface area (Å²) in [5, 5.41) is 8.85. The summed E-state index contributed by atoms with van der Waals surface area (Å²) in [5.74, 6) is 0.586. The predicted molar refractivity (Wildman–Crippen MR) is 96.4 cm³/mol. The van der Waals surface area contributed by atoms with Crippen LogP contribution in [0.5, 0.6) is 0 Å². The molecule has 0 unspecified atom stereocenters. The molecule has 0 spiro atoms. The van der Waals surface area contributed by atoms with Crippen molar-refractivity contribution in [3.05, 3.63) is 36.7 Å². The molecule has 0 N–H and O–H groups in total. The van der Waals surface area contributed by atoms with Crippen molar-refractivity contribution in [1.82, 2.24) is 19.7 Å². The van der Waals surface area contributed by atoms with Crippen LogP contribution >= 0.6 is 11.8 Å². The fourth-order valence-electron chi connectivity index (χ4n) is 2.76. The summed E-state index contributed by atoms with van der Waals surface area (Å²) < 4.78 is 1.99. The number of aromatic nitrogens is 3. The number of para-hydroxylation sites is 1. The van der Waals surface area contributed by atoms with Crippen LogP contribution in [0.15, 0.2) is 41.8 Å². The van der Waals surface area contributed by atoms with Gasteiger partial charge in [-0.05, 0) is 26.0 Å². The van der Waals surface area contributed by atoms with Crippen molar-refractivity contribution in [3.8, 4) is 0 Å². The minimum atomic E-state index is 0.172. The van der Waals surface area contributed by atoms with Gasteiger partial charge in [-0.15, -0.1) is 10.2 Å². The minimum absolute atomic E-state index is 0.172. The summed E-state index contributed by atoms with van der Waals surface area (Å²) in [6.07, 6.45) is 1.72. The van der Waals surface area contributed by atoms with Crippen LogP contribution in [0.2, 0.25) is 0 Å². The third-order valence-corrected chi connectivity index (χ3v) is 5.12. The Morgan fingerprint density at radius 3 is 2.54 bits per heavy atom. The molecule has 6 nitrogen and oxygen atoms in total. The number of hydrogen-bond donors (Lipinski definition) is 0. The van der Waals surface area contributed by atoms with Crippen molar-refractivity contribution in [1.29, 1.82) is 0 Å². The van der Waals surface area contributed by atoms with Crippen molar-refractivity contribution in [3.63, 3.8) is 0 Å². The quantitative estimate of drug-likeness (QED) is 0.779. The fourth-order valence-corrected chi connectivity index (χ4v) is 3.71. The Bertz CT molecular complexity index is 665. The SMILES string of the molecule is CC(C)n1cnnc1SCC(=O)N1CCN(c2ccccc2)CC1. The van der Waals surface area contributed by atoms with Crippen LogP contribution in [-0.2, 0) is 4.79 Å². The van der Waals surface area contributed by atoms with E-state index in [2.05, 4.69) is 41.1 Å². The van der Waals surface area contributed by atoms with Gasteiger partial charge in [0.05, 0.1) is 5.75 Å². The molecule has 1 fully saturated rings. The standard InChI is InChI=1S/C17H23N5OS/c1-14(2)22-13-18-19-17(22)24-12-16(23)21-10-8-20(9-11-21)15-6-4-3-5-7-15/h3-7,13-14H,8-12H2,1-2H3. The number of rotatable bonds is 5. The lowest BCUT2D eigenvalue weighted by molar-refractivity contribution is -0.128. The highest BCUT2D eigenvalue weighted by atomic mass is 32.2. The monoisotopic (exact) mass is 345 g/mol. The lowest BCUT2D eigenvalue weighted by Gasteiger charge is -2.36. The highest BCUT2D eigenvalue weighted by Gasteiger charge is 2.22. The Kier molecular flexibility index (Phi) is 5.40. The highest BCUT2D eigenvalue weighted by Crippen LogP contribution is 2.20. The maximum Gasteiger partial charge on any atom is 0.233 e. The van der Waals surface area contributed by atoms with E-state index in [9.17, 15) is 4.79 Å². The van der Waals surface area contributed by atoms with Crippen LogP contribution in [0.25, 0.3) is 0 Å². The Hall–Kier alpha value is -2.02. The van der Waals surface area contributed by atoms with Gasteiger partial charge in [0.1, 0.15) is 6.33 Å². The van der Waals surface area contributed by atoms with Gasteiger partial charge in [-0.25, -0.2) is 0 Å². The zero-order valence-corrected chi connectivity index (χ0v) is 14.9. The van der Waals surface area contributed by atoms with Crippen molar-refractivity contribution in [2.75, 3.05) is 36.8 Å². The summed E-state index contributed by atoms with van der Waals surface area (Å²) in [5.41, 5.74) is 1.23. The molecule has 0 bridgehead atoms. The summed E-state index contributed by atoms with van der Waals surface area (Å²) >= 11 is 1.47. The molecule has 1 aliphatic heterocycles. The molecule has 2 aromatic rings. The minimum Gasteiger partial charge on any atom is -0.368 e. The zero-order chi connectivity index (χ0) is 16.9. The van der Waals surface area contributed by atoms with Gasteiger partial charge < -0.3 is 14.4 Å². The first-order chi connectivity index (χ1) is 11.6. The van der Waals surface area contributed by atoms with Gasteiger partial charge in [0.15, 0.2) is 5.16 Å². The molecule has 24 heavy (non-hydrogen) atoms. The molecular weight excluding hydrogens is 322 g/mol. The molecule has 1 aromatic heterocycles. The largest absolute Gasteiger partial charge is 0.368 e. The maximum atomic E-state index is 12.4.